The lowest BCUT2D eigenvalue weighted by Gasteiger charge is -2.18. The van der Waals surface area contributed by atoms with E-state index in [0.29, 0.717) is 18.0 Å². The number of amides is 1. The number of anilines is 1. The smallest absolute Gasteiger partial charge is 0.269 e. The van der Waals surface area contributed by atoms with Crippen LogP contribution in [0.1, 0.15) is 13.3 Å². The standard InChI is InChI=1S/C18H19N3O6S/c1-2-27-16-7-3-14(4-8-16)20-12-13(11-18(20)22)19-28(25,26)17-9-5-15(6-10-17)21(23)24/h3-10,13,19H,2,11-12H2,1H3/t13-/m1/s1. The number of nitro groups is 1. The van der Waals surface area contributed by atoms with Gasteiger partial charge in [-0.3, -0.25) is 14.9 Å². The maximum Gasteiger partial charge on any atom is 0.269 e. The van der Waals surface area contributed by atoms with Crippen molar-refractivity contribution in [2.45, 2.75) is 24.3 Å². The summed E-state index contributed by atoms with van der Waals surface area (Å²) < 4.78 is 32.9. The van der Waals surface area contributed by atoms with Crippen LogP contribution in [0.5, 0.6) is 5.75 Å². The van der Waals surface area contributed by atoms with Crippen LogP contribution in [0.15, 0.2) is 53.4 Å². The third-order valence-corrected chi connectivity index (χ3v) is 5.80. The molecule has 0 aliphatic carbocycles. The highest BCUT2D eigenvalue weighted by atomic mass is 32.2. The minimum atomic E-state index is -3.90. The van der Waals surface area contributed by atoms with Crippen molar-refractivity contribution in [3.63, 3.8) is 0 Å². The van der Waals surface area contributed by atoms with Crippen molar-refractivity contribution in [1.29, 1.82) is 0 Å². The summed E-state index contributed by atoms with van der Waals surface area (Å²) in [5.74, 6) is 0.494. The van der Waals surface area contributed by atoms with Crippen LogP contribution >= 0.6 is 0 Å². The number of nitrogens with one attached hydrogen (secondary N) is 1. The number of hydrogen-bond donors (Lipinski definition) is 1. The molecule has 3 rings (SSSR count). The molecule has 9 nitrogen and oxygen atoms in total. The molecule has 1 atom stereocenters. The number of sulfonamides is 1. The van der Waals surface area contributed by atoms with E-state index in [1.807, 2.05) is 6.92 Å². The lowest BCUT2D eigenvalue weighted by atomic mass is 10.3. The third kappa shape index (κ3) is 4.29. The van der Waals surface area contributed by atoms with Crippen LogP contribution < -0.4 is 14.4 Å². The quantitative estimate of drug-likeness (QED) is 0.556. The maximum absolute atomic E-state index is 12.5. The first-order chi connectivity index (χ1) is 13.3. The van der Waals surface area contributed by atoms with Crippen molar-refractivity contribution in [2.24, 2.45) is 0 Å². The van der Waals surface area contributed by atoms with Crippen LogP contribution in [0, 0.1) is 10.1 Å². The van der Waals surface area contributed by atoms with Crippen LogP contribution in [-0.4, -0.2) is 38.4 Å². The first kappa shape index (κ1) is 19.8. The molecule has 10 heteroatoms. The fraction of sp³-hybridized carbons (Fsp3) is 0.278. The Morgan fingerprint density at radius 3 is 2.39 bits per heavy atom. The van der Waals surface area contributed by atoms with E-state index in [1.165, 1.54) is 17.0 Å². The van der Waals surface area contributed by atoms with Gasteiger partial charge in [0.05, 0.1) is 16.4 Å². The van der Waals surface area contributed by atoms with E-state index in [-0.39, 0.29) is 29.5 Å². The predicted molar refractivity (Wildman–Crippen MR) is 102 cm³/mol. The summed E-state index contributed by atoms with van der Waals surface area (Å²) in [6.45, 7) is 2.60. The van der Waals surface area contributed by atoms with E-state index in [1.54, 1.807) is 24.3 Å². The Hall–Kier alpha value is -2.98. The summed E-state index contributed by atoms with van der Waals surface area (Å²) in [5.41, 5.74) is 0.460. The average molecular weight is 405 g/mol. The first-order valence-electron chi connectivity index (χ1n) is 8.60. The summed E-state index contributed by atoms with van der Waals surface area (Å²) in [5, 5.41) is 10.7. The Balaban J connectivity index is 1.69. The van der Waals surface area contributed by atoms with Gasteiger partial charge < -0.3 is 9.64 Å². The Morgan fingerprint density at radius 1 is 1.18 bits per heavy atom. The van der Waals surface area contributed by atoms with Crippen molar-refractivity contribution >= 4 is 27.3 Å². The third-order valence-electron chi connectivity index (χ3n) is 4.26. The van der Waals surface area contributed by atoms with Crippen LogP contribution in [0.4, 0.5) is 11.4 Å². The van der Waals surface area contributed by atoms with E-state index < -0.39 is 21.0 Å². The van der Waals surface area contributed by atoms with E-state index >= 15 is 0 Å². The normalized spacial score (nSPS) is 17.0. The maximum atomic E-state index is 12.5. The second-order valence-corrected chi connectivity index (χ2v) is 7.92. The molecule has 0 bridgehead atoms. The van der Waals surface area contributed by atoms with Gasteiger partial charge in [0.25, 0.3) is 5.69 Å². The molecular weight excluding hydrogens is 386 g/mol. The number of benzene rings is 2. The Bertz CT molecular complexity index is 973. The van der Waals surface area contributed by atoms with Gasteiger partial charge in [0.2, 0.25) is 15.9 Å². The lowest BCUT2D eigenvalue weighted by molar-refractivity contribution is -0.384. The number of nitrogens with zero attached hydrogens (tertiary/aromatic N) is 2. The topological polar surface area (TPSA) is 119 Å². The SMILES string of the molecule is CCOc1ccc(N2C[C@H](NS(=O)(=O)c3ccc([N+](=O)[O-])cc3)CC2=O)cc1. The van der Waals surface area contributed by atoms with E-state index in [4.69, 9.17) is 4.74 Å². The number of rotatable bonds is 7. The molecule has 2 aromatic rings. The monoisotopic (exact) mass is 405 g/mol. The van der Waals surface area contributed by atoms with Crippen molar-refractivity contribution in [1.82, 2.24) is 4.72 Å². The van der Waals surface area contributed by atoms with E-state index in [9.17, 15) is 23.3 Å². The Labute approximate surface area is 162 Å². The minimum absolute atomic E-state index is 0.0272. The van der Waals surface area contributed by atoms with Crippen LogP contribution in [0.2, 0.25) is 0 Å². The molecular formula is C18H19N3O6S. The molecule has 148 valence electrons. The van der Waals surface area contributed by atoms with Gasteiger partial charge in [-0.2, -0.15) is 0 Å². The summed E-state index contributed by atoms with van der Waals surface area (Å²) in [4.78, 5) is 23.8. The van der Waals surface area contributed by atoms with E-state index in [0.717, 1.165) is 12.1 Å². The lowest BCUT2D eigenvalue weighted by Crippen LogP contribution is -2.37. The highest BCUT2D eigenvalue weighted by Crippen LogP contribution is 2.25. The van der Waals surface area contributed by atoms with Crippen molar-refractivity contribution in [3.05, 3.63) is 58.6 Å². The van der Waals surface area contributed by atoms with Gasteiger partial charge in [-0.15, -0.1) is 0 Å². The summed E-state index contributed by atoms with van der Waals surface area (Å²) in [6, 6.07) is 11.0. The number of hydrogen-bond acceptors (Lipinski definition) is 6. The summed E-state index contributed by atoms with van der Waals surface area (Å²) in [6.07, 6.45) is 0.0272. The van der Waals surface area contributed by atoms with Crippen LogP contribution in [0.3, 0.4) is 0 Å². The molecule has 1 aliphatic rings. The number of ether oxygens (including phenoxy) is 1. The molecule has 0 unspecified atom stereocenters. The molecule has 1 aliphatic heterocycles. The molecule has 1 amide bonds. The van der Waals surface area contributed by atoms with Crippen LogP contribution in [0.25, 0.3) is 0 Å². The summed E-state index contributed by atoms with van der Waals surface area (Å²) in [7, 11) is -3.90. The zero-order chi connectivity index (χ0) is 20.3. The van der Waals surface area contributed by atoms with Gasteiger partial charge in [0, 0.05) is 36.8 Å². The zero-order valence-electron chi connectivity index (χ0n) is 15.1. The molecule has 1 saturated heterocycles. The van der Waals surface area contributed by atoms with Gasteiger partial charge in [-0.05, 0) is 43.3 Å². The molecule has 1 N–H and O–H groups in total. The van der Waals surface area contributed by atoms with Crippen LogP contribution in [-0.2, 0) is 14.8 Å². The van der Waals surface area contributed by atoms with Crippen molar-refractivity contribution in [2.75, 3.05) is 18.1 Å². The largest absolute Gasteiger partial charge is 0.494 e. The Morgan fingerprint density at radius 2 is 1.82 bits per heavy atom. The average Bonchev–Trinajstić information content (AvgIpc) is 3.02. The molecule has 28 heavy (non-hydrogen) atoms. The van der Waals surface area contributed by atoms with Crippen molar-refractivity contribution in [3.8, 4) is 5.75 Å². The summed E-state index contributed by atoms with van der Waals surface area (Å²) >= 11 is 0. The fourth-order valence-corrected chi connectivity index (χ4v) is 4.19. The van der Waals surface area contributed by atoms with Crippen molar-refractivity contribution < 1.29 is 22.9 Å². The molecule has 2 aromatic carbocycles. The van der Waals surface area contributed by atoms with Gasteiger partial charge in [0.1, 0.15) is 5.75 Å². The number of non-ortho nitro benzene ring substituents is 1. The molecule has 0 radical (unpaired) electrons. The zero-order valence-corrected chi connectivity index (χ0v) is 15.9. The van der Waals surface area contributed by atoms with E-state index in [2.05, 4.69) is 4.72 Å². The molecule has 1 heterocycles. The minimum Gasteiger partial charge on any atom is -0.494 e. The number of nitro benzene ring substituents is 1. The van der Waals surface area contributed by atoms with Gasteiger partial charge in [0.15, 0.2) is 0 Å². The molecule has 0 spiro atoms. The van der Waals surface area contributed by atoms with Gasteiger partial charge in [-0.1, -0.05) is 0 Å². The van der Waals surface area contributed by atoms with Gasteiger partial charge in [-0.25, -0.2) is 13.1 Å². The number of carbonyl (C=O) groups excluding carboxylic acids is 1. The fourth-order valence-electron chi connectivity index (χ4n) is 2.96. The first-order valence-corrected chi connectivity index (χ1v) is 10.1. The highest BCUT2D eigenvalue weighted by Gasteiger charge is 2.33. The van der Waals surface area contributed by atoms with Gasteiger partial charge >= 0.3 is 0 Å². The molecule has 1 fully saturated rings. The molecule has 0 aromatic heterocycles. The second kappa shape index (κ2) is 7.95. The molecule has 0 saturated carbocycles. The predicted octanol–water partition coefficient (Wildman–Crippen LogP) is 2.08. The Kier molecular flexibility index (Phi) is 5.61. The highest BCUT2D eigenvalue weighted by molar-refractivity contribution is 7.89. The number of carbonyl (C=O) groups is 1. The second-order valence-electron chi connectivity index (χ2n) is 6.20.